The van der Waals surface area contributed by atoms with Crippen molar-refractivity contribution in [2.75, 3.05) is 31.5 Å². The SMILES string of the molecule is O=C(Nc1nc(CC(=O)N2CCN(C(=O)CCC3CCCCC3)CC2)cs1)c1ccco1. The van der Waals surface area contributed by atoms with Gasteiger partial charge in [0, 0.05) is 38.0 Å². The zero-order chi connectivity index (χ0) is 22.3. The Balaban J connectivity index is 1.19. The maximum Gasteiger partial charge on any atom is 0.293 e. The first-order valence-corrected chi connectivity index (χ1v) is 12.3. The van der Waals surface area contributed by atoms with Crippen molar-refractivity contribution in [2.45, 2.75) is 51.4 Å². The number of rotatable bonds is 7. The number of furan rings is 1. The number of anilines is 1. The Morgan fingerprint density at radius 1 is 1.06 bits per heavy atom. The maximum atomic E-state index is 12.7. The van der Waals surface area contributed by atoms with Crippen molar-refractivity contribution in [3.8, 4) is 0 Å². The van der Waals surface area contributed by atoms with E-state index in [0.717, 1.165) is 6.42 Å². The molecule has 0 atom stereocenters. The topological polar surface area (TPSA) is 95.8 Å². The van der Waals surface area contributed by atoms with Crippen LogP contribution >= 0.6 is 11.3 Å². The number of hydrogen-bond acceptors (Lipinski definition) is 6. The zero-order valence-corrected chi connectivity index (χ0v) is 19.1. The molecule has 0 bridgehead atoms. The summed E-state index contributed by atoms with van der Waals surface area (Å²) >= 11 is 1.28. The highest BCUT2D eigenvalue weighted by Gasteiger charge is 2.25. The number of amides is 3. The van der Waals surface area contributed by atoms with Crippen molar-refractivity contribution < 1.29 is 18.8 Å². The first-order chi connectivity index (χ1) is 15.6. The largest absolute Gasteiger partial charge is 0.459 e. The van der Waals surface area contributed by atoms with E-state index in [2.05, 4.69) is 10.3 Å². The Labute approximate surface area is 192 Å². The van der Waals surface area contributed by atoms with E-state index in [0.29, 0.717) is 49.3 Å². The van der Waals surface area contributed by atoms with Crippen LogP contribution in [0.2, 0.25) is 0 Å². The van der Waals surface area contributed by atoms with Gasteiger partial charge in [-0.3, -0.25) is 19.7 Å². The molecule has 1 N–H and O–H groups in total. The molecule has 172 valence electrons. The number of carbonyl (C=O) groups is 3. The molecule has 1 aliphatic heterocycles. The first kappa shape index (κ1) is 22.5. The van der Waals surface area contributed by atoms with E-state index >= 15 is 0 Å². The summed E-state index contributed by atoms with van der Waals surface area (Å²) < 4.78 is 5.07. The predicted molar refractivity (Wildman–Crippen MR) is 121 cm³/mol. The van der Waals surface area contributed by atoms with Crippen LogP contribution in [-0.4, -0.2) is 58.7 Å². The zero-order valence-electron chi connectivity index (χ0n) is 18.3. The quantitative estimate of drug-likeness (QED) is 0.684. The monoisotopic (exact) mass is 458 g/mol. The highest BCUT2D eigenvalue weighted by molar-refractivity contribution is 7.14. The molecule has 2 fully saturated rings. The van der Waals surface area contributed by atoms with Gasteiger partial charge in [-0.15, -0.1) is 11.3 Å². The first-order valence-electron chi connectivity index (χ1n) is 11.4. The average Bonchev–Trinajstić information content (AvgIpc) is 3.51. The molecule has 2 aromatic heterocycles. The summed E-state index contributed by atoms with van der Waals surface area (Å²) in [7, 11) is 0. The Kier molecular flexibility index (Phi) is 7.57. The van der Waals surface area contributed by atoms with Crippen LogP contribution in [0.3, 0.4) is 0 Å². The van der Waals surface area contributed by atoms with Gasteiger partial charge in [0.15, 0.2) is 10.9 Å². The van der Waals surface area contributed by atoms with Gasteiger partial charge in [-0.25, -0.2) is 4.98 Å². The van der Waals surface area contributed by atoms with E-state index in [1.54, 1.807) is 22.4 Å². The minimum atomic E-state index is -0.369. The predicted octanol–water partition coefficient (Wildman–Crippen LogP) is 3.56. The molecule has 3 amide bonds. The normalized spacial score (nSPS) is 17.4. The van der Waals surface area contributed by atoms with Crippen molar-refractivity contribution >= 4 is 34.2 Å². The number of piperazine rings is 1. The van der Waals surface area contributed by atoms with E-state index < -0.39 is 0 Å². The molecular weight excluding hydrogens is 428 g/mol. The summed E-state index contributed by atoms with van der Waals surface area (Å²) in [6.45, 7) is 2.30. The van der Waals surface area contributed by atoms with Crippen molar-refractivity contribution in [1.82, 2.24) is 14.8 Å². The summed E-state index contributed by atoms with van der Waals surface area (Å²) in [5.74, 6) is 0.769. The van der Waals surface area contributed by atoms with Gasteiger partial charge in [0.05, 0.1) is 18.4 Å². The summed E-state index contributed by atoms with van der Waals surface area (Å²) in [5, 5.41) is 4.89. The number of hydrogen-bond donors (Lipinski definition) is 1. The van der Waals surface area contributed by atoms with Gasteiger partial charge in [0.2, 0.25) is 11.8 Å². The number of carbonyl (C=O) groups excluding carboxylic acids is 3. The number of thiazole rings is 1. The average molecular weight is 459 g/mol. The van der Waals surface area contributed by atoms with Gasteiger partial charge in [0.25, 0.3) is 5.91 Å². The van der Waals surface area contributed by atoms with Crippen LogP contribution < -0.4 is 5.32 Å². The third-order valence-electron chi connectivity index (χ3n) is 6.33. The van der Waals surface area contributed by atoms with Crippen LogP contribution in [0.1, 0.15) is 61.2 Å². The van der Waals surface area contributed by atoms with E-state index in [1.807, 2.05) is 4.90 Å². The summed E-state index contributed by atoms with van der Waals surface area (Å²) in [4.78, 5) is 45.3. The van der Waals surface area contributed by atoms with E-state index in [1.165, 1.54) is 49.7 Å². The van der Waals surface area contributed by atoms with Crippen LogP contribution in [-0.2, 0) is 16.0 Å². The molecule has 1 saturated heterocycles. The molecule has 2 aliphatic rings. The molecule has 1 aliphatic carbocycles. The lowest BCUT2D eigenvalue weighted by atomic mass is 9.86. The van der Waals surface area contributed by atoms with Crippen LogP contribution in [0.4, 0.5) is 5.13 Å². The van der Waals surface area contributed by atoms with Crippen molar-refractivity contribution in [3.63, 3.8) is 0 Å². The molecule has 3 heterocycles. The molecule has 0 spiro atoms. The fourth-order valence-corrected chi connectivity index (χ4v) is 5.15. The van der Waals surface area contributed by atoms with Crippen LogP contribution in [0.15, 0.2) is 28.2 Å². The third-order valence-corrected chi connectivity index (χ3v) is 7.13. The molecule has 1 saturated carbocycles. The minimum absolute atomic E-state index is 0.00600. The van der Waals surface area contributed by atoms with Crippen LogP contribution in [0.25, 0.3) is 0 Å². The summed E-state index contributed by atoms with van der Waals surface area (Å²) in [5.41, 5.74) is 0.626. The lowest BCUT2D eigenvalue weighted by molar-refractivity contribution is -0.139. The molecular formula is C23H30N4O4S. The number of aromatic nitrogens is 1. The molecule has 0 radical (unpaired) electrons. The second-order valence-electron chi connectivity index (χ2n) is 8.56. The van der Waals surface area contributed by atoms with Crippen LogP contribution in [0, 0.1) is 5.92 Å². The maximum absolute atomic E-state index is 12.7. The summed E-state index contributed by atoms with van der Waals surface area (Å²) in [6.07, 6.45) is 9.72. The molecule has 0 aromatic carbocycles. The van der Waals surface area contributed by atoms with Gasteiger partial charge in [-0.05, 0) is 24.5 Å². The minimum Gasteiger partial charge on any atom is -0.459 e. The Morgan fingerprint density at radius 2 is 1.78 bits per heavy atom. The standard InChI is InChI=1S/C23H30N4O4S/c28-20(9-8-17-5-2-1-3-6-17)26-10-12-27(13-11-26)21(29)15-18-16-32-23(24-18)25-22(30)19-7-4-14-31-19/h4,7,14,16-17H,1-3,5-6,8-13,15H2,(H,24,25,30). The highest BCUT2D eigenvalue weighted by atomic mass is 32.1. The fourth-order valence-electron chi connectivity index (χ4n) is 4.45. The van der Waals surface area contributed by atoms with Gasteiger partial charge < -0.3 is 14.2 Å². The van der Waals surface area contributed by atoms with Gasteiger partial charge >= 0.3 is 0 Å². The Bertz CT molecular complexity index is 912. The molecule has 32 heavy (non-hydrogen) atoms. The second-order valence-corrected chi connectivity index (χ2v) is 9.41. The number of nitrogens with one attached hydrogen (secondary N) is 1. The fraction of sp³-hybridized carbons (Fsp3) is 0.565. The van der Waals surface area contributed by atoms with Crippen LogP contribution in [0.5, 0.6) is 0 Å². The van der Waals surface area contributed by atoms with E-state index in [-0.39, 0.29) is 29.9 Å². The summed E-state index contributed by atoms with van der Waals surface area (Å²) in [6, 6.07) is 3.22. The second kappa shape index (κ2) is 10.8. The number of nitrogens with zero attached hydrogens (tertiary/aromatic N) is 3. The molecule has 0 unspecified atom stereocenters. The van der Waals surface area contributed by atoms with Crippen molar-refractivity contribution in [3.05, 3.63) is 35.2 Å². The molecule has 8 nitrogen and oxygen atoms in total. The molecule has 4 rings (SSSR count). The van der Waals surface area contributed by atoms with Gasteiger partial charge in [-0.1, -0.05) is 32.1 Å². The van der Waals surface area contributed by atoms with Crippen molar-refractivity contribution in [1.29, 1.82) is 0 Å². The third kappa shape index (κ3) is 5.97. The lowest BCUT2D eigenvalue weighted by Gasteiger charge is -2.35. The Hall–Kier alpha value is -2.68. The molecule has 2 aromatic rings. The van der Waals surface area contributed by atoms with E-state index in [4.69, 9.17) is 4.42 Å². The highest BCUT2D eigenvalue weighted by Crippen LogP contribution is 2.27. The van der Waals surface area contributed by atoms with Crippen molar-refractivity contribution in [2.24, 2.45) is 5.92 Å². The van der Waals surface area contributed by atoms with Gasteiger partial charge in [-0.2, -0.15) is 0 Å². The lowest BCUT2D eigenvalue weighted by Crippen LogP contribution is -2.51. The van der Waals surface area contributed by atoms with Gasteiger partial charge in [0.1, 0.15) is 0 Å². The Morgan fingerprint density at radius 3 is 2.47 bits per heavy atom. The van der Waals surface area contributed by atoms with E-state index in [9.17, 15) is 14.4 Å². The molecule has 9 heteroatoms. The smallest absolute Gasteiger partial charge is 0.293 e.